The first-order valence-electron chi connectivity index (χ1n) is 5.69. The van der Waals surface area contributed by atoms with E-state index < -0.39 is 5.60 Å². The second-order valence-corrected chi connectivity index (χ2v) is 4.43. The van der Waals surface area contributed by atoms with Gasteiger partial charge in [-0.2, -0.15) is 0 Å². The van der Waals surface area contributed by atoms with Gasteiger partial charge < -0.3 is 14.8 Å². The van der Waals surface area contributed by atoms with Gasteiger partial charge in [-0.25, -0.2) is 0 Å². The van der Waals surface area contributed by atoms with Crippen molar-refractivity contribution in [2.45, 2.75) is 37.7 Å². The summed E-state index contributed by atoms with van der Waals surface area (Å²) in [5, 5.41) is 12.5. The van der Waals surface area contributed by atoms with Crippen LogP contribution in [0.4, 0.5) is 0 Å². The van der Waals surface area contributed by atoms with E-state index in [1.807, 2.05) is 12.1 Å². The molecule has 0 unspecified atom stereocenters. The number of aryl methyl sites for hydroxylation is 1. The Bertz CT molecular complexity index is 341. The highest BCUT2D eigenvalue weighted by molar-refractivity contribution is 5.76. The summed E-state index contributed by atoms with van der Waals surface area (Å²) in [5.74, 6) is 0.786. The fourth-order valence-electron chi connectivity index (χ4n) is 1.80. The van der Waals surface area contributed by atoms with E-state index in [0.29, 0.717) is 19.4 Å². The van der Waals surface area contributed by atoms with Crippen LogP contribution in [0.1, 0.15) is 31.4 Å². The Kier molecular flexibility index (Phi) is 3.29. The Balaban J connectivity index is 1.65. The summed E-state index contributed by atoms with van der Waals surface area (Å²) in [4.78, 5) is 11.5. The van der Waals surface area contributed by atoms with Crippen molar-refractivity contribution in [2.75, 3.05) is 6.54 Å². The Labute approximate surface area is 94.6 Å². The summed E-state index contributed by atoms with van der Waals surface area (Å²) >= 11 is 0. The molecule has 4 nitrogen and oxygen atoms in total. The van der Waals surface area contributed by atoms with Crippen LogP contribution < -0.4 is 5.32 Å². The minimum absolute atomic E-state index is 0.0308. The summed E-state index contributed by atoms with van der Waals surface area (Å²) in [6.45, 7) is 0.379. The SMILES string of the molecule is O=C(CCc1ccco1)NCC1(O)CCC1. The number of hydrogen-bond acceptors (Lipinski definition) is 3. The smallest absolute Gasteiger partial charge is 0.220 e. The van der Waals surface area contributed by atoms with Crippen molar-refractivity contribution in [3.63, 3.8) is 0 Å². The molecule has 1 heterocycles. The molecule has 1 aliphatic rings. The molecule has 0 spiro atoms. The van der Waals surface area contributed by atoms with Gasteiger partial charge in [-0.1, -0.05) is 0 Å². The third-order valence-corrected chi connectivity index (χ3v) is 3.08. The highest BCUT2D eigenvalue weighted by atomic mass is 16.3. The highest BCUT2D eigenvalue weighted by Crippen LogP contribution is 2.30. The zero-order valence-electron chi connectivity index (χ0n) is 9.24. The first kappa shape index (κ1) is 11.2. The standard InChI is InChI=1S/C12H17NO3/c14-11(5-4-10-3-1-8-16-10)13-9-12(15)6-2-7-12/h1,3,8,15H,2,4-7,9H2,(H,13,14). The fourth-order valence-corrected chi connectivity index (χ4v) is 1.80. The molecule has 2 N–H and O–H groups in total. The lowest BCUT2D eigenvalue weighted by atomic mass is 9.80. The molecular formula is C12H17NO3. The summed E-state index contributed by atoms with van der Waals surface area (Å²) in [6.07, 6.45) is 5.26. The first-order valence-corrected chi connectivity index (χ1v) is 5.69. The molecule has 88 valence electrons. The molecule has 1 saturated carbocycles. The minimum atomic E-state index is -0.639. The number of rotatable bonds is 5. The van der Waals surface area contributed by atoms with E-state index in [9.17, 15) is 9.90 Å². The molecule has 16 heavy (non-hydrogen) atoms. The maximum absolute atomic E-state index is 11.5. The lowest BCUT2D eigenvalue weighted by molar-refractivity contribution is -0.123. The monoisotopic (exact) mass is 223 g/mol. The maximum Gasteiger partial charge on any atom is 0.220 e. The normalized spacial score (nSPS) is 17.8. The summed E-state index contributed by atoms with van der Waals surface area (Å²) in [6, 6.07) is 3.66. The van der Waals surface area contributed by atoms with Crippen LogP contribution in [0.3, 0.4) is 0 Å². The molecule has 1 amide bonds. The van der Waals surface area contributed by atoms with Crippen molar-refractivity contribution in [1.82, 2.24) is 5.32 Å². The zero-order chi connectivity index (χ0) is 11.4. The second-order valence-electron chi connectivity index (χ2n) is 4.43. The Hall–Kier alpha value is -1.29. The quantitative estimate of drug-likeness (QED) is 0.789. The van der Waals surface area contributed by atoms with E-state index in [-0.39, 0.29) is 5.91 Å². The van der Waals surface area contributed by atoms with Gasteiger partial charge in [-0.05, 0) is 31.4 Å². The molecule has 0 atom stereocenters. The van der Waals surface area contributed by atoms with Crippen LogP contribution in [0.15, 0.2) is 22.8 Å². The molecule has 0 aliphatic heterocycles. The van der Waals surface area contributed by atoms with Crippen LogP contribution in [0, 0.1) is 0 Å². The molecule has 1 aromatic rings. The van der Waals surface area contributed by atoms with Crippen LogP contribution >= 0.6 is 0 Å². The van der Waals surface area contributed by atoms with Crippen LogP contribution in [-0.2, 0) is 11.2 Å². The van der Waals surface area contributed by atoms with Crippen molar-refractivity contribution in [2.24, 2.45) is 0 Å². The van der Waals surface area contributed by atoms with E-state index in [0.717, 1.165) is 25.0 Å². The van der Waals surface area contributed by atoms with Gasteiger partial charge in [0.25, 0.3) is 0 Å². The van der Waals surface area contributed by atoms with E-state index in [1.165, 1.54) is 0 Å². The lowest BCUT2D eigenvalue weighted by Gasteiger charge is -2.36. The largest absolute Gasteiger partial charge is 0.469 e. The molecule has 0 saturated heterocycles. The molecular weight excluding hydrogens is 206 g/mol. The lowest BCUT2D eigenvalue weighted by Crippen LogP contribution is -2.47. The average molecular weight is 223 g/mol. The van der Waals surface area contributed by atoms with Crippen molar-refractivity contribution in [3.05, 3.63) is 24.2 Å². The van der Waals surface area contributed by atoms with E-state index in [2.05, 4.69) is 5.32 Å². The van der Waals surface area contributed by atoms with Crippen LogP contribution in [-0.4, -0.2) is 23.2 Å². The minimum Gasteiger partial charge on any atom is -0.469 e. The number of hydrogen-bond donors (Lipinski definition) is 2. The molecule has 0 bridgehead atoms. The number of aliphatic hydroxyl groups is 1. The van der Waals surface area contributed by atoms with Gasteiger partial charge in [-0.15, -0.1) is 0 Å². The third kappa shape index (κ3) is 2.85. The Morgan fingerprint density at radius 3 is 2.94 bits per heavy atom. The first-order chi connectivity index (χ1) is 7.68. The van der Waals surface area contributed by atoms with Gasteiger partial charge in [0, 0.05) is 19.4 Å². The van der Waals surface area contributed by atoms with E-state index in [4.69, 9.17) is 4.42 Å². The molecule has 2 rings (SSSR count). The number of nitrogens with one attached hydrogen (secondary N) is 1. The molecule has 0 aromatic carbocycles. The van der Waals surface area contributed by atoms with Gasteiger partial charge in [0.05, 0.1) is 11.9 Å². The number of amides is 1. The van der Waals surface area contributed by atoms with Crippen molar-refractivity contribution < 1.29 is 14.3 Å². The molecule has 1 aromatic heterocycles. The summed E-state index contributed by atoms with van der Waals surface area (Å²) < 4.78 is 5.13. The predicted molar refractivity (Wildman–Crippen MR) is 58.8 cm³/mol. The molecule has 4 heteroatoms. The predicted octanol–water partition coefficient (Wildman–Crippen LogP) is 1.24. The van der Waals surface area contributed by atoms with Crippen LogP contribution in [0.2, 0.25) is 0 Å². The van der Waals surface area contributed by atoms with Gasteiger partial charge in [0.1, 0.15) is 5.76 Å². The summed E-state index contributed by atoms with van der Waals surface area (Å²) in [7, 11) is 0. The van der Waals surface area contributed by atoms with Gasteiger partial charge in [0.2, 0.25) is 5.91 Å². The molecule has 1 fully saturated rings. The van der Waals surface area contributed by atoms with E-state index >= 15 is 0 Å². The van der Waals surface area contributed by atoms with Crippen molar-refractivity contribution in [3.8, 4) is 0 Å². The van der Waals surface area contributed by atoms with Gasteiger partial charge in [-0.3, -0.25) is 4.79 Å². The fraction of sp³-hybridized carbons (Fsp3) is 0.583. The Morgan fingerprint density at radius 2 is 2.38 bits per heavy atom. The van der Waals surface area contributed by atoms with Crippen LogP contribution in [0.25, 0.3) is 0 Å². The zero-order valence-corrected chi connectivity index (χ0v) is 9.24. The van der Waals surface area contributed by atoms with Crippen LogP contribution in [0.5, 0.6) is 0 Å². The van der Waals surface area contributed by atoms with Gasteiger partial charge in [0.15, 0.2) is 0 Å². The molecule has 1 aliphatic carbocycles. The third-order valence-electron chi connectivity index (χ3n) is 3.08. The number of furan rings is 1. The molecule has 0 radical (unpaired) electrons. The number of carbonyl (C=O) groups is 1. The van der Waals surface area contributed by atoms with E-state index in [1.54, 1.807) is 6.26 Å². The van der Waals surface area contributed by atoms with Crippen molar-refractivity contribution in [1.29, 1.82) is 0 Å². The average Bonchev–Trinajstić information content (AvgIpc) is 2.73. The Morgan fingerprint density at radius 1 is 1.56 bits per heavy atom. The van der Waals surface area contributed by atoms with Gasteiger partial charge >= 0.3 is 0 Å². The maximum atomic E-state index is 11.5. The highest BCUT2D eigenvalue weighted by Gasteiger charge is 2.34. The topological polar surface area (TPSA) is 62.5 Å². The second kappa shape index (κ2) is 4.70. The number of carbonyl (C=O) groups excluding carboxylic acids is 1. The van der Waals surface area contributed by atoms with Crippen molar-refractivity contribution >= 4 is 5.91 Å². The summed E-state index contributed by atoms with van der Waals surface area (Å²) in [5.41, 5.74) is -0.639.